The fourth-order valence-electron chi connectivity index (χ4n) is 3.04. The molecule has 2 aromatic heterocycles. The smallest absolute Gasteiger partial charge is 0.251 e. The molecule has 2 heterocycles. The van der Waals surface area contributed by atoms with E-state index in [1.165, 1.54) is 13.2 Å². The molecular formula is C15H20N4O5S. The first-order valence-electron chi connectivity index (χ1n) is 7.84. The number of hydrogen-bond acceptors (Lipinski definition) is 7. The second-order valence-electron chi connectivity index (χ2n) is 6.19. The molecule has 0 atom stereocenters. The Morgan fingerprint density at radius 2 is 2.12 bits per heavy atom. The number of rotatable bonds is 6. The number of hydrogen-bond donors (Lipinski definition) is 2. The highest BCUT2D eigenvalue weighted by Crippen LogP contribution is 2.36. The van der Waals surface area contributed by atoms with Crippen LogP contribution in [-0.2, 0) is 21.4 Å². The minimum Gasteiger partial charge on any atom is -0.377 e. The van der Waals surface area contributed by atoms with Crippen molar-refractivity contribution in [3.05, 3.63) is 39.4 Å². The van der Waals surface area contributed by atoms with Crippen LogP contribution in [0.5, 0.6) is 0 Å². The summed E-state index contributed by atoms with van der Waals surface area (Å²) in [4.78, 5) is 18.8. The maximum absolute atomic E-state index is 12.5. The highest BCUT2D eigenvalue weighted by Gasteiger charge is 2.36. The molecular weight excluding hydrogens is 348 g/mol. The van der Waals surface area contributed by atoms with Crippen molar-refractivity contribution in [3.63, 3.8) is 0 Å². The highest BCUT2D eigenvalue weighted by molar-refractivity contribution is 7.89. The molecule has 136 valence electrons. The van der Waals surface area contributed by atoms with Crippen LogP contribution in [0.15, 0.2) is 20.3 Å². The second-order valence-corrected chi connectivity index (χ2v) is 7.84. The molecule has 2 aromatic rings. The van der Waals surface area contributed by atoms with Gasteiger partial charge >= 0.3 is 0 Å². The van der Waals surface area contributed by atoms with E-state index in [1.54, 1.807) is 13.8 Å². The summed E-state index contributed by atoms with van der Waals surface area (Å²) in [6.07, 6.45) is 1.15. The fraction of sp³-hybridized carbons (Fsp3) is 0.533. The topological polar surface area (TPSA) is 127 Å². The normalized spacial score (nSPS) is 20.4. The minimum atomic E-state index is -3.68. The zero-order chi connectivity index (χ0) is 18.2. The van der Waals surface area contributed by atoms with Crippen molar-refractivity contribution in [3.8, 4) is 0 Å². The van der Waals surface area contributed by atoms with Gasteiger partial charge in [-0.3, -0.25) is 4.79 Å². The SMILES string of the molecule is COCc1nc(C2CC(NS(=O)(=O)c3c(C)noc3C)C2)cc(=O)[nH]1. The summed E-state index contributed by atoms with van der Waals surface area (Å²) in [6.45, 7) is 3.37. The van der Waals surface area contributed by atoms with Gasteiger partial charge in [-0.1, -0.05) is 5.16 Å². The predicted octanol–water partition coefficient (Wildman–Crippen LogP) is 0.746. The number of aromatic nitrogens is 3. The van der Waals surface area contributed by atoms with Crippen LogP contribution in [0.2, 0.25) is 0 Å². The van der Waals surface area contributed by atoms with Crippen LogP contribution in [0.4, 0.5) is 0 Å². The summed E-state index contributed by atoms with van der Waals surface area (Å²) in [5, 5.41) is 3.68. The molecule has 9 nitrogen and oxygen atoms in total. The first-order valence-corrected chi connectivity index (χ1v) is 9.32. The Kier molecular flexibility index (Phi) is 4.76. The lowest BCUT2D eigenvalue weighted by atomic mass is 9.78. The summed E-state index contributed by atoms with van der Waals surface area (Å²) in [6, 6.07) is 1.23. The number of aromatic amines is 1. The van der Waals surface area contributed by atoms with Crippen LogP contribution >= 0.6 is 0 Å². The fourth-order valence-corrected chi connectivity index (χ4v) is 4.63. The van der Waals surface area contributed by atoms with E-state index >= 15 is 0 Å². The van der Waals surface area contributed by atoms with E-state index < -0.39 is 10.0 Å². The van der Waals surface area contributed by atoms with Crippen LogP contribution in [0.1, 0.15) is 41.7 Å². The van der Waals surface area contributed by atoms with Gasteiger partial charge in [-0.25, -0.2) is 18.1 Å². The predicted molar refractivity (Wildman–Crippen MR) is 87.6 cm³/mol. The molecule has 3 rings (SSSR count). The quantitative estimate of drug-likeness (QED) is 0.770. The van der Waals surface area contributed by atoms with E-state index in [4.69, 9.17) is 9.26 Å². The standard InChI is InChI=1S/C15H20N4O5S/c1-8-15(9(2)24-18-8)25(21,22)19-11-4-10(5-11)12-6-14(20)17-13(16-12)7-23-3/h6,10-11,19H,4-5,7H2,1-3H3,(H,16,17,20). The summed E-state index contributed by atoms with van der Waals surface area (Å²) in [7, 11) is -2.16. The Labute approximate surface area is 144 Å². The van der Waals surface area contributed by atoms with Crippen molar-refractivity contribution in [2.75, 3.05) is 7.11 Å². The molecule has 0 aromatic carbocycles. The van der Waals surface area contributed by atoms with Crippen molar-refractivity contribution in [1.82, 2.24) is 19.8 Å². The molecule has 0 radical (unpaired) electrons. The third-order valence-electron chi connectivity index (χ3n) is 4.21. The highest BCUT2D eigenvalue weighted by atomic mass is 32.2. The van der Waals surface area contributed by atoms with Crippen molar-refractivity contribution in [1.29, 1.82) is 0 Å². The molecule has 0 bridgehead atoms. The summed E-state index contributed by atoms with van der Waals surface area (Å²) < 4.78 is 37.5. The molecule has 0 unspecified atom stereocenters. The van der Waals surface area contributed by atoms with Crippen LogP contribution in [0.25, 0.3) is 0 Å². The molecule has 0 spiro atoms. The third-order valence-corrected chi connectivity index (χ3v) is 5.97. The van der Waals surface area contributed by atoms with E-state index in [0.29, 0.717) is 30.1 Å². The van der Waals surface area contributed by atoms with Gasteiger partial charge < -0.3 is 14.2 Å². The first-order chi connectivity index (χ1) is 11.8. The monoisotopic (exact) mass is 368 g/mol. The van der Waals surface area contributed by atoms with E-state index in [-0.39, 0.29) is 34.8 Å². The Balaban J connectivity index is 1.68. The molecule has 0 saturated heterocycles. The molecule has 0 aliphatic heterocycles. The van der Waals surface area contributed by atoms with E-state index in [9.17, 15) is 13.2 Å². The lowest BCUT2D eigenvalue weighted by Crippen LogP contribution is -2.44. The molecule has 1 aliphatic rings. The van der Waals surface area contributed by atoms with Gasteiger partial charge in [0, 0.05) is 25.1 Å². The Morgan fingerprint density at radius 3 is 2.72 bits per heavy atom. The Hall–Kier alpha value is -2.04. The van der Waals surface area contributed by atoms with E-state index in [2.05, 4.69) is 19.8 Å². The van der Waals surface area contributed by atoms with Crippen LogP contribution < -0.4 is 10.3 Å². The number of aryl methyl sites for hydroxylation is 2. The lowest BCUT2D eigenvalue weighted by Gasteiger charge is -2.35. The number of ether oxygens (including phenoxy) is 1. The lowest BCUT2D eigenvalue weighted by molar-refractivity contribution is 0.176. The molecule has 25 heavy (non-hydrogen) atoms. The number of nitrogens with one attached hydrogen (secondary N) is 2. The van der Waals surface area contributed by atoms with Crippen LogP contribution in [0.3, 0.4) is 0 Å². The molecule has 10 heteroatoms. The van der Waals surface area contributed by atoms with Crippen molar-refractivity contribution >= 4 is 10.0 Å². The Bertz CT molecular complexity index is 908. The van der Waals surface area contributed by atoms with Gasteiger partial charge in [-0.05, 0) is 26.7 Å². The van der Waals surface area contributed by atoms with Gasteiger partial charge in [0.15, 0.2) is 5.76 Å². The number of sulfonamides is 1. The summed E-state index contributed by atoms with van der Waals surface area (Å²) in [5.74, 6) is 0.765. The number of nitrogens with zero attached hydrogens (tertiary/aromatic N) is 2. The van der Waals surface area contributed by atoms with Crippen molar-refractivity contribution in [2.24, 2.45) is 0 Å². The van der Waals surface area contributed by atoms with Gasteiger partial charge in [-0.2, -0.15) is 0 Å². The minimum absolute atomic E-state index is 0.0373. The average Bonchev–Trinajstić information content (AvgIpc) is 2.82. The zero-order valence-electron chi connectivity index (χ0n) is 14.2. The maximum atomic E-state index is 12.5. The van der Waals surface area contributed by atoms with Gasteiger partial charge in [-0.15, -0.1) is 0 Å². The van der Waals surface area contributed by atoms with E-state index in [0.717, 1.165) is 0 Å². The number of methoxy groups -OCH3 is 1. The van der Waals surface area contributed by atoms with Crippen LogP contribution in [-0.4, -0.2) is 36.7 Å². The zero-order valence-corrected chi connectivity index (χ0v) is 15.0. The van der Waals surface area contributed by atoms with Crippen molar-refractivity contribution in [2.45, 2.75) is 50.2 Å². The molecule has 1 saturated carbocycles. The summed E-state index contributed by atoms with van der Waals surface area (Å²) >= 11 is 0. The number of H-pyrrole nitrogens is 1. The van der Waals surface area contributed by atoms with Gasteiger partial charge in [0.05, 0.1) is 5.69 Å². The first kappa shape index (κ1) is 17.8. The molecule has 2 N–H and O–H groups in total. The Morgan fingerprint density at radius 1 is 1.40 bits per heavy atom. The van der Waals surface area contributed by atoms with Crippen molar-refractivity contribution < 1.29 is 17.7 Å². The molecule has 1 fully saturated rings. The second kappa shape index (κ2) is 6.70. The van der Waals surface area contributed by atoms with Gasteiger partial charge in [0.25, 0.3) is 5.56 Å². The van der Waals surface area contributed by atoms with Gasteiger partial charge in [0.2, 0.25) is 10.0 Å². The van der Waals surface area contributed by atoms with E-state index in [1.807, 2.05) is 0 Å². The van der Waals surface area contributed by atoms with Gasteiger partial charge in [0.1, 0.15) is 23.0 Å². The maximum Gasteiger partial charge on any atom is 0.251 e. The van der Waals surface area contributed by atoms with Crippen LogP contribution in [0, 0.1) is 13.8 Å². The molecule has 0 amide bonds. The third kappa shape index (κ3) is 3.65. The average molecular weight is 368 g/mol. The summed E-state index contributed by atoms with van der Waals surface area (Å²) in [5.41, 5.74) is 0.752. The molecule has 1 aliphatic carbocycles. The largest absolute Gasteiger partial charge is 0.377 e.